The molecule has 0 fully saturated rings. The largest absolute Gasteiger partial charge is 0.423 e. The van der Waals surface area contributed by atoms with Gasteiger partial charge in [0.2, 0.25) is 0 Å². The van der Waals surface area contributed by atoms with E-state index in [9.17, 15) is 4.79 Å². The number of carbonyl (C=O) groups is 1. The summed E-state index contributed by atoms with van der Waals surface area (Å²) in [5.74, 6) is 0.132. The van der Waals surface area contributed by atoms with Crippen LogP contribution in [-0.4, -0.2) is 11.0 Å². The van der Waals surface area contributed by atoms with Crippen LogP contribution in [0.25, 0.3) is 11.3 Å². The van der Waals surface area contributed by atoms with Crippen molar-refractivity contribution in [2.24, 2.45) is 0 Å². The molecule has 0 amide bonds. The number of hydrogen-bond acceptors (Lipinski definition) is 3. The number of ether oxygens (including phenoxy) is 1. The van der Waals surface area contributed by atoms with E-state index in [4.69, 9.17) is 4.74 Å². The average molecular weight is 396 g/mol. The fourth-order valence-electron chi connectivity index (χ4n) is 2.51. The van der Waals surface area contributed by atoms with E-state index in [0.717, 1.165) is 28.6 Å². The third kappa shape index (κ3) is 4.54. The second-order valence-electron chi connectivity index (χ2n) is 5.73. The van der Waals surface area contributed by atoms with Crippen LogP contribution in [0.3, 0.4) is 0 Å². The molecular weight excluding hydrogens is 378 g/mol. The van der Waals surface area contributed by atoms with Crippen molar-refractivity contribution in [1.29, 1.82) is 0 Å². The monoisotopic (exact) mass is 395 g/mol. The van der Waals surface area contributed by atoms with Crippen molar-refractivity contribution in [2.75, 3.05) is 0 Å². The maximum atomic E-state index is 12.2. The molecule has 0 unspecified atom stereocenters. The Morgan fingerprint density at radius 1 is 1.08 bits per heavy atom. The van der Waals surface area contributed by atoms with Crippen LogP contribution < -0.4 is 4.74 Å². The number of hydrogen-bond donors (Lipinski definition) is 0. The number of pyridine rings is 1. The van der Waals surface area contributed by atoms with Crippen molar-refractivity contribution >= 4 is 21.9 Å². The first kappa shape index (κ1) is 17.4. The zero-order valence-electron chi connectivity index (χ0n) is 13.9. The number of halogens is 1. The summed E-state index contributed by atoms with van der Waals surface area (Å²) in [5.41, 5.74) is 3.61. The van der Waals surface area contributed by atoms with Gasteiger partial charge in [-0.25, -0.2) is 4.79 Å². The molecule has 0 aliphatic carbocycles. The maximum absolute atomic E-state index is 12.2. The summed E-state index contributed by atoms with van der Waals surface area (Å²) in [4.78, 5) is 16.7. The first-order chi connectivity index (χ1) is 12.2. The molecule has 1 aromatic heterocycles. The van der Waals surface area contributed by atoms with Gasteiger partial charge in [-0.2, -0.15) is 0 Å². The molecule has 0 atom stereocenters. The molecule has 0 aliphatic heterocycles. The lowest BCUT2D eigenvalue weighted by Gasteiger charge is -2.06. The zero-order valence-corrected chi connectivity index (χ0v) is 15.5. The highest BCUT2D eigenvalue weighted by molar-refractivity contribution is 9.10. The van der Waals surface area contributed by atoms with Crippen molar-refractivity contribution in [2.45, 2.75) is 19.8 Å². The van der Waals surface area contributed by atoms with E-state index >= 15 is 0 Å². The summed E-state index contributed by atoms with van der Waals surface area (Å²) in [6.07, 6.45) is 4.05. The SMILES string of the molecule is CCCc1ccc(-c2ccc(C(=O)Oc3cccc(Br)c3)cc2)nc1. The van der Waals surface area contributed by atoms with Gasteiger partial charge in [0.1, 0.15) is 5.75 Å². The molecule has 3 rings (SSSR count). The van der Waals surface area contributed by atoms with Crippen LogP contribution in [0.15, 0.2) is 71.3 Å². The maximum Gasteiger partial charge on any atom is 0.343 e. The summed E-state index contributed by atoms with van der Waals surface area (Å²) in [5, 5.41) is 0. The van der Waals surface area contributed by atoms with Gasteiger partial charge in [0.15, 0.2) is 0 Å². The predicted molar refractivity (Wildman–Crippen MR) is 103 cm³/mol. The lowest BCUT2D eigenvalue weighted by atomic mass is 10.1. The highest BCUT2D eigenvalue weighted by Gasteiger charge is 2.09. The Labute approximate surface area is 155 Å². The Morgan fingerprint density at radius 2 is 1.88 bits per heavy atom. The smallest absolute Gasteiger partial charge is 0.343 e. The van der Waals surface area contributed by atoms with Crippen LogP contribution in [0, 0.1) is 0 Å². The van der Waals surface area contributed by atoms with Gasteiger partial charge >= 0.3 is 5.97 Å². The van der Waals surface area contributed by atoms with E-state index in [1.165, 1.54) is 5.56 Å². The van der Waals surface area contributed by atoms with Gasteiger partial charge in [0.25, 0.3) is 0 Å². The fourth-order valence-corrected chi connectivity index (χ4v) is 2.88. The number of esters is 1. The third-order valence-electron chi connectivity index (χ3n) is 3.79. The predicted octanol–water partition coefficient (Wildman–Crippen LogP) is 5.68. The molecule has 0 radical (unpaired) electrons. The van der Waals surface area contributed by atoms with E-state index < -0.39 is 0 Å². The number of nitrogens with zero attached hydrogens (tertiary/aromatic N) is 1. The van der Waals surface area contributed by atoms with Crippen molar-refractivity contribution in [3.63, 3.8) is 0 Å². The van der Waals surface area contributed by atoms with Crippen molar-refractivity contribution in [3.05, 3.63) is 82.5 Å². The molecule has 0 N–H and O–H groups in total. The summed E-state index contributed by atoms with van der Waals surface area (Å²) in [7, 11) is 0. The van der Waals surface area contributed by atoms with Crippen molar-refractivity contribution in [3.8, 4) is 17.0 Å². The van der Waals surface area contributed by atoms with Gasteiger partial charge in [0.05, 0.1) is 11.3 Å². The second kappa shape index (κ2) is 8.08. The Morgan fingerprint density at radius 3 is 2.52 bits per heavy atom. The first-order valence-electron chi connectivity index (χ1n) is 8.19. The molecule has 0 saturated carbocycles. The molecule has 3 nitrogen and oxygen atoms in total. The van der Waals surface area contributed by atoms with E-state index in [2.05, 4.69) is 33.9 Å². The Bertz CT molecular complexity index is 858. The third-order valence-corrected chi connectivity index (χ3v) is 4.28. The van der Waals surface area contributed by atoms with Crippen LogP contribution in [0.5, 0.6) is 5.75 Å². The minimum atomic E-state index is -0.379. The molecule has 0 bridgehead atoms. The molecule has 0 spiro atoms. The van der Waals surface area contributed by atoms with E-state index in [1.54, 1.807) is 24.3 Å². The number of aromatic nitrogens is 1. The van der Waals surface area contributed by atoms with Crippen LogP contribution >= 0.6 is 15.9 Å². The van der Waals surface area contributed by atoms with Crippen LogP contribution in [0.4, 0.5) is 0 Å². The van der Waals surface area contributed by atoms with Crippen LogP contribution in [0.1, 0.15) is 29.3 Å². The van der Waals surface area contributed by atoms with E-state index in [1.807, 2.05) is 36.5 Å². The minimum Gasteiger partial charge on any atom is -0.423 e. The Kier molecular flexibility index (Phi) is 5.61. The fraction of sp³-hybridized carbons (Fsp3) is 0.143. The Hall–Kier alpha value is -2.46. The lowest BCUT2D eigenvalue weighted by Crippen LogP contribution is -2.08. The van der Waals surface area contributed by atoms with Gasteiger partial charge in [0, 0.05) is 16.2 Å². The zero-order chi connectivity index (χ0) is 17.6. The van der Waals surface area contributed by atoms with E-state index in [-0.39, 0.29) is 5.97 Å². The molecule has 2 aromatic carbocycles. The summed E-state index contributed by atoms with van der Waals surface area (Å²) in [6, 6.07) is 18.6. The number of carbonyl (C=O) groups excluding carboxylic acids is 1. The molecular formula is C21H18BrNO2. The second-order valence-corrected chi connectivity index (χ2v) is 6.64. The molecule has 126 valence electrons. The number of rotatable bonds is 5. The van der Waals surface area contributed by atoms with Crippen molar-refractivity contribution < 1.29 is 9.53 Å². The van der Waals surface area contributed by atoms with Crippen LogP contribution in [0.2, 0.25) is 0 Å². The molecule has 25 heavy (non-hydrogen) atoms. The summed E-state index contributed by atoms with van der Waals surface area (Å²) in [6.45, 7) is 2.15. The van der Waals surface area contributed by atoms with Gasteiger partial charge in [-0.05, 0) is 48.4 Å². The number of aryl methyl sites for hydroxylation is 1. The molecule has 3 aromatic rings. The summed E-state index contributed by atoms with van der Waals surface area (Å²) < 4.78 is 6.25. The molecule has 0 saturated heterocycles. The van der Waals surface area contributed by atoms with Crippen LogP contribution in [-0.2, 0) is 6.42 Å². The van der Waals surface area contributed by atoms with Gasteiger partial charge < -0.3 is 4.74 Å². The average Bonchev–Trinajstić information content (AvgIpc) is 2.63. The summed E-state index contributed by atoms with van der Waals surface area (Å²) >= 11 is 3.36. The first-order valence-corrected chi connectivity index (χ1v) is 8.98. The number of benzene rings is 2. The highest BCUT2D eigenvalue weighted by Crippen LogP contribution is 2.21. The normalized spacial score (nSPS) is 10.5. The van der Waals surface area contributed by atoms with Gasteiger partial charge in [-0.15, -0.1) is 0 Å². The highest BCUT2D eigenvalue weighted by atomic mass is 79.9. The molecule has 0 aliphatic rings. The Balaban J connectivity index is 1.72. The van der Waals surface area contributed by atoms with E-state index in [0.29, 0.717) is 11.3 Å². The molecule has 1 heterocycles. The van der Waals surface area contributed by atoms with Gasteiger partial charge in [-0.1, -0.05) is 53.5 Å². The quantitative estimate of drug-likeness (QED) is 0.411. The standard InChI is InChI=1S/C21H18BrNO2/c1-2-4-15-7-12-20(23-14-15)16-8-10-17(11-9-16)21(24)25-19-6-3-5-18(22)13-19/h3,5-14H,2,4H2,1H3. The topological polar surface area (TPSA) is 39.2 Å². The van der Waals surface area contributed by atoms with Crippen molar-refractivity contribution in [1.82, 2.24) is 4.98 Å². The lowest BCUT2D eigenvalue weighted by molar-refractivity contribution is 0.0734. The molecule has 4 heteroatoms. The van der Waals surface area contributed by atoms with Gasteiger partial charge in [-0.3, -0.25) is 4.98 Å². The minimum absolute atomic E-state index is 0.379.